The van der Waals surface area contributed by atoms with Crippen LogP contribution in [0.2, 0.25) is 5.02 Å². The highest BCUT2D eigenvalue weighted by Gasteiger charge is 2.11. The number of halogens is 1. The topological polar surface area (TPSA) is 68.0 Å². The Hall–Kier alpha value is -1.98. The molecule has 0 radical (unpaired) electrons. The SMILES string of the molecule is NC(=S)c1ccc(Cl)cc1NC(=O)c1ccccn1. The zero-order valence-corrected chi connectivity index (χ0v) is 11.3. The molecule has 1 heterocycles. The fraction of sp³-hybridized carbons (Fsp3) is 0. The van der Waals surface area contributed by atoms with E-state index in [1.807, 2.05) is 0 Å². The quantitative estimate of drug-likeness (QED) is 0.853. The number of thiocarbonyl (C=S) groups is 1. The third-order valence-corrected chi connectivity index (χ3v) is 2.85. The van der Waals surface area contributed by atoms with Crippen molar-refractivity contribution in [3.63, 3.8) is 0 Å². The van der Waals surface area contributed by atoms with E-state index in [9.17, 15) is 4.79 Å². The van der Waals surface area contributed by atoms with Crippen LogP contribution in [-0.2, 0) is 0 Å². The molecule has 0 fully saturated rings. The van der Waals surface area contributed by atoms with Gasteiger partial charge in [0.15, 0.2) is 0 Å². The molecule has 3 N–H and O–H groups in total. The van der Waals surface area contributed by atoms with Crippen molar-refractivity contribution in [2.24, 2.45) is 5.73 Å². The molecule has 2 aromatic rings. The predicted octanol–water partition coefficient (Wildman–Crippen LogP) is 2.62. The molecule has 0 saturated heterocycles. The van der Waals surface area contributed by atoms with Crippen LogP contribution >= 0.6 is 23.8 Å². The maximum Gasteiger partial charge on any atom is 0.274 e. The maximum atomic E-state index is 12.0. The van der Waals surface area contributed by atoms with Crippen molar-refractivity contribution in [3.8, 4) is 0 Å². The third kappa shape index (κ3) is 3.27. The van der Waals surface area contributed by atoms with Gasteiger partial charge in [0, 0.05) is 16.8 Å². The normalized spacial score (nSPS) is 9.95. The number of anilines is 1. The Bertz CT molecular complexity index is 631. The summed E-state index contributed by atoms with van der Waals surface area (Å²) in [6.07, 6.45) is 1.54. The molecule has 0 aliphatic carbocycles. The van der Waals surface area contributed by atoms with E-state index in [4.69, 9.17) is 29.6 Å². The second-order valence-electron chi connectivity index (χ2n) is 3.72. The van der Waals surface area contributed by atoms with E-state index in [0.717, 1.165) is 0 Å². The zero-order valence-electron chi connectivity index (χ0n) is 9.76. The number of amides is 1. The van der Waals surface area contributed by atoms with Crippen LogP contribution in [-0.4, -0.2) is 15.9 Å². The van der Waals surface area contributed by atoms with Gasteiger partial charge in [0.2, 0.25) is 0 Å². The number of aromatic nitrogens is 1. The second-order valence-corrected chi connectivity index (χ2v) is 4.60. The van der Waals surface area contributed by atoms with E-state index in [-0.39, 0.29) is 10.9 Å². The van der Waals surface area contributed by atoms with Crippen molar-refractivity contribution in [2.45, 2.75) is 0 Å². The molecule has 96 valence electrons. The van der Waals surface area contributed by atoms with Gasteiger partial charge in [0.05, 0.1) is 5.69 Å². The van der Waals surface area contributed by atoms with Crippen LogP contribution in [0.1, 0.15) is 16.1 Å². The molecule has 0 aliphatic heterocycles. The van der Waals surface area contributed by atoms with E-state index < -0.39 is 0 Å². The molecule has 0 saturated carbocycles. The summed E-state index contributed by atoms with van der Waals surface area (Å²) in [4.78, 5) is 16.2. The van der Waals surface area contributed by atoms with Gasteiger partial charge in [0.25, 0.3) is 5.91 Å². The molecule has 6 heteroatoms. The number of nitrogens with one attached hydrogen (secondary N) is 1. The predicted molar refractivity (Wildman–Crippen MR) is 79.5 cm³/mol. The van der Waals surface area contributed by atoms with Gasteiger partial charge in [-0.15, -0.1) is 0 Å². The highest BCUT2D eigenvalue weighted by Crippen LogP contribution is 2.21. The molecule has 1 amide bonds. The first-order valence-electron chi connectivity index (χ1n) is 5.39. The Morgan fingerprint density at radius 1 is 1.32 bits per heavy atom. The minimum atomic E-state index is -0.347. The second kappa shape index (κ2) is 5.77. The number of hydrogen-bond acceptors (Lipinski definition) is 3. The molecule has 0 aliphatic rings. The van der Waals surface area contributed by atoms with Crippen LogP contribution in [0, 0.1) is 0 Å². The highest BCUT2D eigenvalue weighted by atomic mass is 35.5. The summed E-state index contributed by atoms with van der Waals surface area (Å²) in [6.45, 7) is 0. The fourth-order valence-corrected chi connectivity index (χ4v) is 1.87. The van der Waals surface area contributed by atoms with Crippen LogP contribution in [0.15, 0.2) is 42.6 Å². The Balaban J connectivity index is 2.31. The van der Waals surface area contributed by atoms with E-state index in [0.29, 0.717) is 22.0 Å². The summed E-state index contributed by atoms with van der Waals surface area (Å²) in [5.41, 5.74) is 6.93. The van der Waals surface area contributed by atoms with Crippen LogP contribution < -0.4 is 11.1 Å². The number of pyridine rings is 1. The maximum absolute atomic E-state index is 12.0. The zero-order chi connectivity index (χ0) is 13.8. The minimum absolute atomic E-state index is 0.188. The lowest BCUT2D eigenvalue weighted by atomic mass is 10.1. The monoisotopic (exact) mass is 291 g/mol. The number of carbonyl (C=O) groups is 1. The minimum Gasteiger partial charge on any atom is -0.389 e. The van der Waals surface area contributed by atoms with Crippen molar-refractivity contribution in [2.75, 3.05) is 5.32 Å². The molecule has 19 heavy (non-hydrogen) atoms. The van der Waals surface area contributed by atoms with E-state index >= 15 is 0 Å². The summed E-state index contributed by atoms with van der Waals surface area (Å²) in [5.74, 6) is -0.347. The van der Waals surface area contributed by atoms with Crippen LogP contribution in [0.25, 0.3) is 0 Å². The van der Waals surface area contributed by atoms with Crippen LogP contribution in [0.5, 0.6) is 0 Å². The molecule has 0 spiro atoms. The molecule has 0 unspecified atom stereocenters. The molecule has 4 nitrogen and oxygen atoms in total. The molecule has 1 aromatic heterocycles. The molecule has 0 atom stereocenters. The van der Waals surface area contributed by atoms with Gasteiger partial charge in [-0.3, -0.25) is 9.78 Å². The number of rotatable bonds is 3. The number of hydrogen-bond donors (Lipinski definition) is 2. The molecular weight excluding hydrogens is 282 g/mol. The summed E-state index contributed by atoms with van der Waals surface area (Å²) in [7, 11) is 0. The molecule has 1 aromatic carbocycles. The summed E-state index contributed by atoms with van der Waals surface area (Å²) < 4.78 is 0. The van der Waals surface area contributed by atoms with Gasteiger partial charge >= 0.3 is 0 Å². The largest absolute Gasteiger partial charge is 0.389 e. The lowest BCUT2D eigenvalue weighted by molar-refractivity contribution is 0.102. The van der Waals surface area contributed by atoms with Crippen molar-refractivity contribution >= 4 is 40.4 Å². The summed E-state index contributed by atoms with van der Waals surface area (Å²) in [6, 6.07) is 9.99. The van der Waals surface area contributed by atoms with E-state index in [1.54, 1.807) is 42.6 Å². The molecule has 2 rings (SSSR count). The Labute approximate surface area is 120 Å². The van der Waals surface area contributed by atoms with Gasteiger partial charge in [-0.1, -0.05) is 29.9 Å². The number of nitrogens with zero attached hydrogens (tertiary/aromatic N) is 1. The highest BCUT2D eigenvalue weighted by molar-refractivity contribution is 7.80. The first-order chi connectivity index (χ1) is 9.08. The third-order valence-electron chi connectivity index (χ3n) is 2.39. The summed E-state index contributed by atoms with van der Waals surface area (Å²) in [5, 5.41) is 3.18. The smallest absolute Gasteiger partial charge is 0.274 e. The summed E-state index contributed by atoms with van der Waals surface area (Å²) >= 11 is 10.8. The Morgan fingerprint density at radius 2 is 2.11 bits per heavy atom. The van der Waals surface area contributed by atoms with E-state index in [1.165, 1.54) is 0 Å². The molecular formula is C13H10ClN3OS. The Morgan fingerprint density at radius 3 is 2.74 bits per heavy atom. The number of nitrogens with two attached hydrogens (primary N) is 1. The van der Waals surface area contributed by atoms with Crippen molar-refractivity contribution in [1.29, 1.82) is 0 Å². The Kier molecular flexibility index (Phi) is 4.09. The van der Waals surface area contributed by atoms with Gasteiger partial charge < -0.3 is 11.1 Å². The molecule has 0 bridgehead atoms. The van der Waals surface area contributed by atoms with E-state index in [2.05, 4.69) is 10.3 Å². The standard InChI is InChI=1S/C13H10ClN3OS/c14-8-4-5-9(12(15)19)11(7-8)17-13(18)10-3-1-2-6-16-10/h1-7H,(H2,15,19)(H,17,18). The van der Waals surface area contributed by atoms with Crippen molar-refractivity contribution in [3.05, 3.63) is 58.9 Å². The lowest BCUT2D eigenvalue weighted by Crippen LogP contribution is -2.18. The average molecular weight is 292 g/mol. The fourth-order valence-electron chi connectivity index (χ4n) is 1.52. The van der Waals surface area contributed by atoms with Gasteiger partial charge in [-0.2, -0.15) is 0 Å². The lowest BCUT2D eigenvalue weighted by Gasteiger charge is -2.10. The first-order valence-corrected chi connectivity index (χ1v) is 6.18. The first kappa shape index (κ1) is 13.5. The number of carbonyl (C=O) groups excluding carboxylic acids is 1. The van der Waals surface area contributed by atoms with Gasteiger partial charge in [-0.05, 0) is 30.3 Å². The van der Waals surface area contributed by atoms with Crippen LogP contribution in [0.4, 0.5) is 5.69 Å². The van der Waals surface area contributed by atoms with Gasteiger partial charge in [0.1, 0.15) is 10.7 Å². The van der Waals surface area contributed by atoms with Crippen LogP contribution in [0.3, 0.4) is 0 Å². The van der Waals surface area contributed by atoms with Crippen molar-refractivity contribution in [1.82, 2.24) is 4.98 Å². The van der Waals surface area contributed by atoms with Crippen molar-refractivity contribution < 1.29 is 4.79 Å². The number of benzene rings is 1. The van der Waals surface area contributed by atoms with Gasteiger partial charge in [-0.25, -0.2) is 0 Å². The average Bonchev–Trinajstić information content (AvgIpc) is 2.39.